The van der Waals surface area contributed by atoms with E-state index < -0.39 is 0 Å². The molecule has 0 atom stereocenters. The lowest BCUT2D eigenvalue weighted by Crippen LogP contribution is -2.46. The van der Waals surface area contributed by atoms with Gasteiger partial charge < -0.3 is 14.2 Å². The van der Waals surface area contributed by atoms with Crippen LogP contribution in [0.2, 0.25) is 0 Å². The molecule has 1 aliphatic heterocycles. The molecule has 0 unspecified atom stereocenters. The van der Waals surface area contributed by atoms with Crippen LogP contribution in [0.15, 0.2) is 28.8 Å². The molecule has 0 amide bonds. The summed E-state index contributed by atoms with van der Waals surface area (Å²) >= 11 is 0. The zero-order valence-electron chi connectivity index (χ0n) is 14.6. The predicted octanol–water partition coefficient (Wildman–Crippen LogP) is 2.74. The molecule has 0 radical (unpaired) electrons. The van der Waals surface area contributed by atoms with Crippen molar-refractivity contribution in [3.05, 3.63) is 36.0 Å². The number of ether oxygens (including phenoxy) is 1. The van der Waals surface area contributed by atoms with Gasteiger partial charge in [-0.15, -0.1) is 0 Å². The number of benzene rings is 1. The Labute approximate surface area is 143 Å². The maximum absolute atomic E-state index is 5.75. The summed E-state index contributed by atoms with van der Waals surface area (Å²) in [7, 11) is 0. The van der Waals surface area contributed by atoms with Crippen molar-refractivity contribution in [1.29, 1.82) is 0 Å². The second-order valence-electron chi connectivity index (χ2n) is 6.02. The number of rotatable bonds is 7. The molecule has 1 saturated heterocycles. The van der Waals surface area contributed by atoms with Gasteiger partial charge >= 0.3 is 0 Å². The number of aryl methyl sites for hydroxylation is 1. The fourth-order valence-electron chi connectivity index (χ4n) is 3.01. The van der Waals surface area contributed by atoms with Crippen molar-refractivity contribution in [3.8, 4) is 5.75 Å². The average molecular weight is 330 g/mol. The first-order chi connectivity index (χ1) is 11.8. The van der Waals surface area contributed by atoms with Crippen LogP contribution in [0.1, 0.15) is 32.0 Å². The summed E-state index contributed by atoms with van der Waals surface area (Å²) in [5.74, 6) is 2.51. The Kier molecular flexibility index (Phi) is 5.69. The molecule has 0 N–H and O–H groups in total. The fraction of sp³-hybridized carbons (Fsp3) is 0.556. The number of piperazine rings is 1. The normalized spacial score (nSPS) is 15.7. The minimum atomic E-state index is 0.689. The molecular weight excluding hydrogens is 304 g/mol. The van der Waals surface area contributed by atoms with Gasteiger partial charge in [0.2, 0.25) is 5.89 Å². The summed E-state index contributed by atoms with van der Waals surface area (Å²) in [6, 6.07) is 8.26. The van der Waals surface area contributed by atoms with Crippen LogP contribution in [0.3, 0.4) is 0 Å². The number of para-hydroxylation sites is 2. The molecule has 3 rings (SSSR count). The van der Waals surface area contributed by atoms with Gasteiger partial charge in [-0.05, 0) is 25.5 Å². The number of anilines is 1. The molecule has 6 heteroatoms. The summed E-state index contributed by atoms with van der Waals surface area (Å²) in [5, 5.41) is 4.03. The van der Waals surface area contributed by atoms with E-state index in [2.05, 4.69) is 39.0 Å². The molecule has 0 saturated carbocycles. The molecule has 1 fully saturated rings. The molecule has 2 heterocycles. The van der Waals surface area contributed by atoms with E-state index in [-0.39, 0.29) is 0 Å². The fourth-order valence-corrected chi connectivity index (χ4v) is 3.01. The summed E-state index contributed by atoms with van der Waals surface area (Å²) < 4.78 is 11.1. The maximum atomic E-state index is 5.75. The van der Waals surface area contributed by atoms with Gasteiger partial charge in [-0.25, -0.2) is 0 Å². The van der Waals surface area contributed by atoms with Crippen LogP contribution in [0, 0.1) is 0 Å². The molecule has 1 aliphatic rings. The van der Waals surface area contributed by atoms with E-state index in [1.807, 2.05) is 19.1 Å². The second-order valence-corrected chi connectivity index (χ2v) is 6.02. The summed E-state index contributed by atoms with van der Waals surface area (Å²) in [6.07, 6.45) is 1.92. The lowest BCUT2D eigenvalue weighted by Gasteiger charge is -2.36. The van der Waals surface area contributed by atoms with Crippen LogP contribution in [0.5, 0.6) is 5.75 Å². The Hall–Kier alpha value is -2.08. The van der Waals surface area contributed by atoms with Crippen LogP contribution >= 0.6 is 0 Å². The highest BCUT2D eigenvalue weighted by Crippen LogP contribution is 2.28. The second kappa shape index (κ2) is 8.15. The minimum absolute atomic E-state index is 0.689. The monoisotopic (exact) mass is 330 g/mol. The van der Waals surface area contributed by atoms with Gasteiger partial charge in [0.05, 0.1) is 18.8 Å². The zero-order chi connectivity index (χ0) is 16.8. The van der Waals surface area contributed by atoms with Gasteiger partial charge in [-0.2, -0.15) is 4.98 Å². The largest absolute Gasteiger partial charge is 0.492 e. The summed E-state index contributed by atoms with van der Waals surface area (Å²) in [6.45, 7) is 9.46. The average Bonchev–Trinajstić information content (AvgIpc) is 3.04. The smallest absolute Gasteiger partial charge is 0.240 e. The van der Waals surface area contributed by atoms with E-state index in [1.54, 1.807) is 0 Å². The molecule has 0 aliphatic carbocycles. The Bertz CT molecular complexity index is 635. The molecule has 0 bridgehead atoms. The number of hydrogen-bond donors (Lipinski definition) is 0. The number of aromatic nitrogens is 2. The molecule has 2 aromatic rings. The third-order valence-electron chi connectivity index (χ3n) is 4.22. The van der Waals surface area contributed by atoms with Gasteiger partial charge in [0.1, 0.15) is 5.75 Å². The third kappa shape index (κ3) is 4.06. The highest BCUT2D eigenvalue weighted by Gasteiger charge is 2.21. The first-order valence-corrected chi connectivity index (χ1v) is 8.80. The maximum Gasteiger partial charge on any atom is 0.240 e. The zero-order valence-corrected chi connectivity index (χ0v) is 14.6. The lowest BCUT2D eigenvalue weighted by molar-refractivity contribution is 0.214. The highest BCUT2D eigenvalue weighted by atomic mass is 16.5. The summed E-state index contributed by atoms with van der Waals surface area (Å²) in [4.78, 5) is 9.21. The predicted molar refractivity (Wildman–Crippen MR) is 93.4 cm³/mol. The van der Waals surface area contributed by atoms with Crippen molar-refractivity contribution in [2.45, 2.75) is 33.2 Å². The first-order valence-electron chi connectivity index (χ1n) is 8.80. The van der Waals surface area contributed by atoms with E-state index in [4.69, 9.17) is 9.26 Å². The van der Waals surface area contributed by atoms with Crippen LogP contribution < -0.4 is 9.64 Å². The summed E-state index contributed by atoms with van der Waals surface area (Å²) in [5.41, 5.74) is 1.18. The van der Waals surface area contributed by atoms with Crippen molar-refractivity contribution in [2.75, 3.05) is 37.7 Å². The Morgan fingerprint density at radius 1 is 1.12 bits per heavy atom. The molecule has 24 heavy (non-hydrogen) atoms. The van der Waals surface area contributed by atoms with Gasteiger partial charge in [0, 0.05) is 32.6 Å². The van der Waals surface area contributed by atoms with E-state index in [0.29, 0.717) is 6.61 Å². The Balaban J connectivity index is 1.55. The van der Waals surface area contributed by atoms with Gasteiger partial charge in [0.25, 0.3) is 0 Å². The molecule has 1 aromatic heterocycles. The lowest BCUT2D eigenvalue weighted by atomic mass is 10.2. The van der Waals surface area contributed by atoms with E-state index in [0.717, 1.165) is 63.0 Å². The SMILES string of the molecule is CCCc1noc(CN2CCN(c3ccccc3OCC)CC2)n1. The first kappa shape index (κ1) is 16.8. The molecular formula is C18H26N4O2. The van der Waals surface area contributed by atoms with Crippen LogP contribution in [0.4, 0.5) is 5.69 Å². The van der Waals surface area contributed by atoms with Crippen LogP contribution in [0.25, 0.3) is 0 Å². The van der Waals surface area contributed by atoms with Crippen LogP contribution in [-0.2, 0) is 13.0 Å². The molecule has 0 spiro atoms. The van der Waals surface area contributed by atoms with E-state index >= 15 is 0 Å². The van der Waals surface area contributed by atoms with Crippen molar-refractivity contribution in [3.63, 3.8) is 0 Å². The highest BCUT2D eigenvalue weighted by molar-refractivity contribution is 5.58. The number of nitrogens with zero attached hydrogens (tertiary/aromatic N) is 4. The van der Waals surface area contributed by atoms with Crippen molar-refractivity contribution < 1.29 is 9.26 Å². The van der Waals surface area contributed by atoms with E-state index in [1.165, 1.54) is 5.69 Å². The van der Waals surface area contributed by atoms with E-state index in [9.17, 15) is 0 Å². The Morgan fingerprint density at radius 3 is 2.67 bits per heavy atom. The third-order valence-corrected chi connectivity index (χ3v) is 4.22. The van der Waals surface area contributed by atoms with Crippen LogP contribution in [-0.4, -0.2) is 47.8 Å². The van der Waals surface area contributed by atoms with Crippen molar-refractivity contribution >= 4 is 5.69 Å². The molecule has 1 aromatic carbocycles. The van der Waals surface area contributed by atoms with Gasteiger partial charge in [0.15, 0.2) is 5.82 Å². The standard InChI is InChI=1S/C18H26N4O2/c1-3-7-17-19-18(24-20-17)14-21-10-12-22(13-11-21)15-8-5-6-9-16(15)23-4-2/h5-6,8-9H,3-4,7,10-14H2,1-2H3. The quantitative estimate of drug-likeness (QED) is 0.778. The molecule has 130 valence electrons. The van der Waals surface area contributed by atoms with Crippen molar-refractivity contribution in [2.24, 2.45) is 0 Å². The van der Waals surface area contributed by atoms with Crippen molar-refractivity contribution in [1.82, 2.24) is 15.0 Å². The Morgan fingerprint density at radius 2 is 1.92 bits per heavy atom. The van der Waals surface area contributed by atoms with Gasteiger partial charge in [-0.1, -0.05) is 24.2 Å². The molecule has 6 nitrogen and oxygen atoms in total. The van der Waals surface area contributed by atoms with Gasteiger partial charge in [-0.3, -0.25) is 4.90 Å². The topological polar surface area (TPSA) is 54.6 Å². The number of hydrogen-bond acceptors (Lipinski definition) is 6. The minimum Gasteiger partial charge on any atom is -0.492 e.